The van der Waals surface area contributed by atoms with E-state index >= 15 is 0 Å². The fourth-order valence-electron chi connectivity index (χ4n) is 5.02. The van der Waals surface area contributed by atoms with E-state index in [1.54, 1.807) is 6.92 Å². The van der Waals surface area contributed by atoms with Gasteiger partial charge in [-0.2, -0.15) is 0 Å². The van der Waals surface area contributed by atoms with E-state index in [1.165, 1.54) is 4.90 Å². The van der Waals surface area contributed by atoms with Crippen LogP contribution in [0.2, 0.25) is 0 Å². The zero-order valence-electron chi connectivity index (χ0n) is 15.7. The van der Waals surface area contributed by atoms with Gasteiger partial charge in [-0.25, -0.2) is 0 Å². The molecule has 0 radical (unpaired) electrons. The van der Waals surface area contributed by atoms with Crippen molar-refractivity contribution in [3.8, 4) is 0 Å². The van der Waals surface area contributed by atoms with Crippen molar-refractivity contribution in [1.29, 1.82) is 0 Å². The van der Waals surface area contributed by atoms with Crippen molar-refractivity contribution in [1.82, 2.24) is 4.90 Å². The second-order valence-corrected chi connectivity index (χ2v) is 11.1. The number of rotatable bonds is 3. The van der Waals surface area contributed by atoms with Gasteiger partial charge in [0.2, 0.25) is 17.7 Å². The summed E-state index contributed by atoms with van der Waals surface area (Å²) in [7, 11) is 0. The molecule has 28 heavy (non-hydrogen) atoms. The summed E-state index contributed by atoms with van der Waals surface area (Å²) in [5, 5.41) is 2.89. The molecule has 4 rings (SSSR count). The molecule has 1 aromatic rings. The first-order valence-electron chi connectivity index (χ1n) is 9.36. The standard InChI is InChI=1S/C20H21Br3N2O3/c1-7-5-13(8(2)4-12(7)21)24-18(26)9(3)25-19(27)14-10-6-11(15(14)20(25)28)17(23)16(10)22/h4-5,9-11,14-17H,6H2,1-3H3,(H,24,26)/t9-,10-,11+,14+,15-,16+,17+/m0/s1. The van der Waals surface area contributed by atoms with E-state index in [2.05, 4.69) is 53.1 Å². The van der Waals surface area contributed by atoms with Crippen LogP contribution in [-0.4, -0.2) is 38.3 Å². The molecule has 2 bridgehead atoms. The van der Waals surface area contributed by atoms with Gasteiger partial charge in [0.05, 0.1) is 11.8 Å². The topological polar surface area (TPSA) is 66.5 Å². The lowest BCUT2D eigenvalue weighted by Crippen LogP contribution is -2.46. The Morgan fingerprint density at radius 3 is 2.14 bits per heavy atom. The summed E-state index contributed by atoms with van der Waals surface area (Å²) >= 11 is 10.8. The highest BCUT2D eigenvalue weighted by molar-refractivity contribution is 9.12. The fourth-order valence-corrected chi connectivity index (χ4v) is 7.35. The summed E-state index contributed by atoms with van der Waals surface area (Å²) < 4.78 is 0.970. The number of aryl methyl sites for hydroxylation is 2. The molecule has 8 heteroatoms. The van der Waals surface area contributed by atoms with Crippen LogP contribution in [0, 0.1) is 37.5 Å². The normalized spacial score (nSPS) is 34.7. The van der Waals surface area contributed by atoms with Gasteiger partial charge in [0.1, 0.15) is 6.04 Å². The molecule has 1 saturated heterocycles. The van der Waals surface area contributed by atoms with Crippen molar-refractivity contribution in [2.24, 2.45) is 23.7 Å². The minimum atomic E-state index is -0.837. The second-order valence-electron chi connectivity index (χ2n) is 8.13. The summed E-state index contributed by atoms with van der Waals surface area (Å²) in [6.07, 6.45) is 0.879. The molecule has 3 amide bonds. The van der Waals surface area contributed by atoms with E-state index in [0.717, 1.165) is 22.0 Å². The number of benzene rings is 1. The van der Waals surface area contributed by atoms with Crippen molar-refractivity contribution in [3.05, 3.63) is 27.7 Å². The first kappa shape index (κ1) is 20.5. The SMILES string of the molecule is Cc1cc(NC(=O)[C@H](C)N2C(=O)[C@@H]3[C@@H]4C[C@@H]([C@@H](Br)[C@@H]4Br)[C@@H]3C2=O)c(C)cc1Br. The highest BCUT2D eigenvalue weighted by Gasteiger charge is 2.67. The van der Waals surface area contributed by atoms with Crippen LogP contribution >= 0.6 is 47.8 Å². The van der Waals surface area contributed by atoms with Gasteiger partial charge in [0, 0.05) is 19.8 Å². The monoisotopic (exact) mass is 574 g/mol. The van der Waals surface area contributed by atoms with Crippen LogP contribution in [0.3, 0.4) is 0 Å². The molecule has 3 aliphatic rings. The number of fused-ring (bicyclic) bond motifs is 5. The number of carbonyl (C=O) groups is 3. The summed E-state index contributed by atoms with van der Waals surface area (Å²) in [6, 6.07) is 2.99. The molecule has 5 nitrogen and oxygen atoms in total. The van der Waals surface area contributed by atoms with Crippen LogP contribution in [0.15, 0.2) is 16.6 Å². The largest absolute Gasteiger partial charge is 0.324 e. The fraction of sp³-hybridized carbons (Fsp3) is 0.550. The van der Waals surface area contributed by atoms with Crippen molar-refractivity contribution in [2.75, 3.05) is 5.32 Å². The van der Waals surface area contributed by atoms with E-state index < -0.39 is 6.04 Å². The molecule has 150 valence electrons. The average Bonchev–Trinajstić information content (AvgIpc) is 3.24. The number of nitrogens with one attached hydrogen (secondary N) is 1. The first-order valence-corrected chi connectivity index (χ1v) is 12.0. The van der Waals surface area contributed by atoms with Crippen molar-refractivity contribution in [2.45, 2.75) is 42.9 Å². The maximum atomic E-state index is 13.1. The minimum absolute atomic E-state index is 0.146. The summed E-state index contributed by atoms with van der Waals surface area (Å²) in [5.74, 6) is -1.05. The predicted octanol–water partition coefficient (Wildman–Crippen LogP) is 4.17. The highest BCUT2D eigenvalue weighted by Crippen LogP contribution is 2.60. The predicted molar refractivity (Wildman–Crippen MR) is 118 cm³/mol. The Balaban J connectivity index is 1.55. The molecular formula is C20H21Br3N2O3. The van der Waals surface area contributed by atoms with Crippen LogP contribution in [-0.2, 0) is 14.4 Å². The Bertz CT molecular complexity index is 858. The second kappa shape index (κ2) is 7.20. The van der Waals surface area contributed by atoms with E-state index in [-0.39, 0.29) is 51.0 Å². The lowest BCUT2D eigenvalue weighted by molar-refractivity contribution is -0.146. The summed E-state index contributed by atoms with van der Waals surface area (Å²) in [5.41, 5.74) is 2.61. The van der Waals surface area contributed by atoms with Gasteiger partial charge < -0.3 is 5.32 Å². The van der Waals surface area contributed by atoms with Gasteiger partial charge in [0.15, 0.2) is 0 Å². The molecule has 1 aromatic carbocycles. The molecule has 2 aliphatic carbocycles. The van der Waals surface area contributed by atoms with Gasteiger partial charge >= 0.3 is 0 Å². The number of imide groups is 1. The van der Waals surface area contributed by atoms with Gasteiger partial charge in [-0.1, -0.05) is 47.8 Å². The number of anilines is 1. The summed E-state index contributed by atoms with van der Waals surface area (Å²) in [6.45, 7) is 5.48. The number of alkyl halides is 2. The van der Waals surface area contributed by atoms with Gasteiger partial charge in [-0.05, 0) is 62.3 Å². The van der Waals surface area contributed by atoms with Crippen LogP contribution in [0.4, 0.5) is 5.69 Å². The van der Waals surface area contributed by atoms with E-state index in [4.69, 9.17) is 0 Å². The third kappa shape index (κ3) is 2.93. The van der Waals surface area contributed by atoms with E-state index in [9.17, 15) is 14.4 Å². The zero-order valence-corrected chi connectivity index (χ0v) is 20.5. The molecule has 3 fully saturated rings. The van der Waals surface area contributed by atoms with Crippen molar-refractivity contribution < 1.29 is 14.4 Å². The smallest absolute Gasteiger partial charge is 0.247 e. The third-order valence-corrected chi connectivity index (χ3v) is 10.6. The highest BCUT2D eigenvalue weighted by atomic mass is 79.9. The molecule has 0 unspecified atom stereocenters. The Hall–Kier alpha value is -0.730. The molecule has 0 aromatic heterocycles. The molecule has 7 atom stereocenters. The molecule has 0 spiro atoms. The molecule has 1 aliphatic heterocycles. The number of likely N-dealkylation sites (tertiary alicyclic amines) is 1. The number of halogens is 3. The van der Waals surface area contributed by atoms with E-state index in [1.807, 2.05) is 26.0 Å². The molecule has 1 N–H and O–H groups in total. The number of nitrogens with zero attached hydrogens (tertiary/aromatic N) is 1. The zero-order chi connectivity index (χ0) is 20.5. The van der Waals surface area contributed by atoms with Crippen molar-refractivity contribution >= 4 is 71.2 Å². The third-order valence-electron chi connectivity index (χ3n) is 6.55. The summed E-state index contributed by atoms with van der Waals surface area (Å²) in [4.78, 5) is 40.6. The van der Waals surface area contributed by atoms with Gasteiger partial charge in [-0.15, -0.1) is 0 Å². The number of carbonyl (C=O) groups excluding carboxylic acids is 3. The average molecular weight is 577 g/mol. The quantitative estimate of drug-likeness (QED) is 0.434. The van der Waals surface area contributed by atoms with E-state index in [0.29, 0.717) is 5.69 Å². The Morgan fingerprint density at radius 2 is 1.61 bits per heavy atom. The molecular weight excluding hydrogens is 556 g/mol. The molecule has 2 saturated carbocycles. The van der Waals surface area contributed by atoms with Crippen molar-refractivity contribution in [3.63, 3.8) is 0 Å². The van der Waals surface area contributed by atoms with Gasteiger partial charge in [0.25, 0.3) is 0 Å². The molecule has 1 heterocycles. The Labute approximate surface area is 189 Å². The number of hydrogen-bond acceptors (Lipinski definition) is 3. The Morgan fingerprint density at radius 1 is 1.07 bits per heavy atom. The maximum absolute atomic E-state index is 13.1. The number of amides is 3. The van der Waals surface area contributed by atoms with Gasteiger partial charge in [-0.3, -0.25) is 19.3 Å². The van der Waals surface area contributed by atoms with Crippen LogP contribution in [0.1, 0.15) is 24.5 Å². The first-order chi connectivity index (χ1) is 13.1. The maximum Gasteiger partial charge on any atom is 0.247 e. The van der Waals surface area contributed by atoms with Crippen LogP contribution in [0.25, 0.3) is 0 Å². The lowest BCUT2D eigenvalue weighted by Gasteiger charge is -2.28. The van der Waals surface area contributed by atoms with Crippen LogP contribution in [0.5, 0.6) is 0 Å². The lowest BCUT2D eigenvalue weighted by atomic mass is 9.81. The van der Waals surface area contributed by atoms with Crippen LogP contribution < -0.4 is 5.32 Å². The minimum Gasteiger partial charge on any atom is -0.324 e. The Kier molecular flexibility index (Phi) is 5.28. The number of hydrogen-bond donors (Lipinski definition) is 1.